The molecule has 1 aliphatic carbocycles. The first-order valence-corrected chi connectivity index (χ1v) is 9.94. The minimum Gasteiger partial charge on any atom is -0.352 e. The van der Waals surface area contributed by atoms with Gasteiger partial charge in [0.2, 0.25) is 11.1 Å². The van der Waals surface area contributed by atoms with E-state index >= 15 is 0 Å². The molecule has 1 fully saturated rings. The molecule has 1 atom stereocenters. The van der Waals surface area contributed by atoms with Crippen molar-refractivity contribution in [2.24, 2.45) is 0 Å². The van der Waals surface area contributed by atoms with Crippen LogP contribution >= 0.6 is 11.8 Å². The van der Waals surface area contributed by atoms with Crippen LogP contribution in [0.25, 0.3) is 0 Å². The first-order valence-electron chi connectivity index (χ1n) is 9.06. The lowest BCUT2D eigenvalue weighted by atomic mass is 10.1. The number of amides is 1. The number of nitrogens with two attached hydrogens (primary N) is 1. The van der Waals surface area contributed by atoms with Crippen molar-refractivity contribution in [3.05, 3.63) is 77.4 Å². The summed E-state index contributed by atoms with van der Waals surface area (Å²) in [5, 5.41) is 11.4. The van der Waals surface area contributed by atoms with Crippen molar-refractivity contribution >= 4 is 17.7 Å². The molecule has 0 bridgehead atoms. The second-order valence-corrected chi connectivity index (χ2v) is 7.84. The molecule has 28 heavy (non-hydrogen) atoms. The molecule has 144 valence electrons. The van der Waals surface area contributed by atoms with Gasteiger partial charge >= 0.3 is 0 Å². The standard InChI is InChI=1S/C20H20FN5OS/c21-15-8-6-13(7-9-15)12-17-24-25-20(26(17)22)28-18(14-4-2-1-3-5-14)19(27)23-16-10-11-16/h1-9,16,18H,10-12,22H2,(H,23,27)/t18-/m1/s1. The minimum atomic E-state index is -0.466. The number of thioether (sulfide) groups is 1. The first kappa shape index (κ1) is 18.5. The Morgan fingerprint density at radius 2 is 1.89 bits per heavy atom. The highest BCUT2D eigenvalue weighted by atomic mass is 32.2. The van der Waals surface area contributed by atoms with Gasteiger partial charge < -0.3 is 11.2 Å². The van der Waals surface area contributed by atoms with Gasteiger partial charge in [-0.05, 0) is 36.1 Å². The number of carbonyl (C=O) groups excluding carboxylic acids is 1. The van der Waals surface area contributed by atoms with Crippen LogP contribution in [0.2, 0.25) is 0 Å². The summed E-state index contributed by atoms with van der Waals surface area (Å²) in [7, 11) is 0. The van der Waals surface area contributed by atoms with Crippen molar-refractivity contribution < 1.29 is 9.18 Å². The summed E-state index contributed by atoms with van der Waals surface area (Å²) in [6.07, 6.45) is 2.47. The van der Waals surface area contributed by atoms with Gasteiger partial charge in [0, 0.05) is 12.5 Å². The number of halogens is 1. The number of nitrogen functional groups attached to an aromatic ring is 1. The predicted octanol–water partition coefficient (Wildman–Crippen LogP) is 2.83. The van der Waals surface area contributed by atoms with Crippen LogP contribution in [0.5, 0.6) is 0 Å². The van der Waals surface area contributed by atoms with Gasteiger partial charge in [0.25, 0.3) is 0 Å². The van der Waals surface area contributed by atoms with E-state index in [0.717, 1.165) is 24.0 Å². The first-order chi connectivity index (χ1) is 13.6. The topological polar surface area (TPSA) is 85.8 Å². The molecule has 1 heterocycles. The van der Waals surface area contributed by atoms with Crippen molar-refractivity contribution in [3.8, 4) is 0 Å². The highest BCUT2D eigenvalue weighted by Gasteiger charge is 2.30. The molecule has 0 spiro atoms. The van der Waals surface area contributed by atoms with E-state index in [1.54, 1.807) is 12.1 Å². The van der Waals surface area contributed by atoms with Crippen molar-refractivity contribution in [2.45, 2.75) is 35.7 Å². The van der Waals surface area contributed by atoms with Gasteiger partial charge in [-0.25, -0.2) is 9.07 Å². The summed E-state index contributed by atoms with van der Waals surface area (Å²) in [4.78, 5) is 12.8. The Balaban J connectivity index is 1.54. The van der Waals surface area contributed by atoms with Gasteiger partial charge in [0.05, 0.1) is 0 Å². The second kappa shape index (κ2) is 8.02. The molecular weight excluding hydrogens is 377 g/mol. The Labute approximate surface area is 166 Å². The van der Waals surface area contributed by atoms with Crippen molar-refractivity contribution in [3.63, 3.8) is 0 Å². The SMILES string of the molecule is Nn1c(Cc2ccc(F)cc2)nnc1S[C@@H](C(=O)NC1CC1)c1ccccc1. The van der Waals surface area contributed by atoms with Gasteiger partial charge in [-0.3, -0.25) is 4.79 Å². The summed E-state index contributed by atoms with van der Waals surface area (Å²) in [6, 6.07) is 16.0. The number of rotatable bonds is 7. The molecule has 0 saturated heterocycles. The van der Waals surface area contributed by atoms with Crippen LogP contribution in [0.3, 0.4) is 0 Å². The highest BCUT2D eigenvalue weighted by Crippen LogP contribution is 2.35. The lowest BCUT2D eigenvalue weighted by Crippen LogP contribution is -2.30. The Hall–Kier alpha value is -2.87. The molecule has 1 amide bonds. The van der Waals surface area contributed by atoms with E-state index in [-0.39, 0.29) is 17.8 Å². The summed E-state index contributed by atoms with van der Waals surface area (Å²) in [5.74, 6) is 6.39. The normalized spacial score (nSPS) is 14.6. The fourth-order valence-corrected chi connectivity index (χ4v) is 3.79. The van der Waals surface area contributed by atoms with Crippen molar-refractivity contribution in [1.29, 1.82) is 0 Å². The smallest absolute Gasteiger partial charge is 0.238 e. The molecule has 1 aliphatic rings. The van der Waals surface area contributed by atoms with E-state index < -0.39 is 5.25 Å². The molecule has 4 rings (SSSR count). The monoisotopic (exact) mass is 397 g/mol. The van der Waals surface area contributed by atoms with Gasteiger partial charge in [-0.1, -0.05) is 54.2 Å². The van der Waals surface area contributed by atoms with Crippen molar-refractivity contribution in [2.75, 3.05) is 5.84 Å². The van der Waals surface area contributed by atoms with Crippen LogP contribution in [-0.4, -0.2) is 26.8 Å². The van der Waals surface area contributed by atoms with Crippen LogP contribution in [0, 0.1) is 5.82 Å². The summed E-state index contributed by atoms with van der Waals surface area (Å²) in [5.41, 5.74) is 1.76. The van der Waals surface area contributed by atoms with Gasteiger partial charge in [0.15, 0.2) is 5.82 Å². The quantitative estimate of drug-likeness (QED) is 0.473. The maximum atomic E-state index is 13.1. The molecule has 0 aliphatic heterocycles. The highest BCUT2D eigenvalue weighted by molar-refractivity contribution is 8.00. The number of hydrogen-bond donors (Lipinski definition) is 2. The van der Waals surface area contributed by atoms with Crippen LogP contribution in [-0.2, 0) is 11.2 Å². The molecular formula is C20H20FN5OS. The lowest BCUT2D eigenvalue weighted by molar-refractivity contribution is -0.120. The van der Waals surface area contributed by atoms with E-state index in [4.69, 9.17) is 5.84 Å². The molecule has 3 aromatic rings. The van der Waals surface area contributed by atoms with Crippen LogP contribution in [0.4, 0.5) is 4.39 Å². The Bertz CT molecular complexity index is 956. The average Bonchev–Trinajstić information content (AvgIpc) is 3.46. The minimum absolute atomic E-state index is 0.0539. The largest absolute Gasteiger partial charge is 0.352 e. The number of hydrogen-bond acceptors (Lipinski definition) is 5. The number of nitrogens with one attached hydrogen (secondary N) is 1. The molecule has 6 nitrogen and oxygen atoms in total. The molecule has 0 unspecified atom stereocenters. The third-order valence-corrected chi connectivity index (χ3v) is 5.71. The van der Waals surface area contributed by atoms with Crippen LogP contribution in [0.15, 0.2) is 59.8 Å². The summed E-state index contributed by atoms with van der Waals surface area (Å²) in [6.45, 7) is 0. The van der Waals surface area contributed by atoms with E-state index in [1.807, 2.05) is 30.3 Å². The second-order valence-electron chi connectivity index (χ2n) is 6.76. The molecule has 8 heteroatoms. The molecule has 1 saturated carbocycles. The van der Waals surface area contributed by atoms with Gasteiger partial charge in [0.1, 0.15) is 11.1 Å². The Morgan fingerprint density at radius 1 is 1.18 bits per heavy atom. The van der Waals surface area contributed by atoms with Gasteiger partial charge in [-0.2, -0.15) is 0 Å². The van der Waals surface area contributed by atoms with Crippen LogP contribution in [0.1, 0.15) is 35.0 Å². The third kappa shape index (κ3) is 4.33. The summed E-state index contributed by atoms with van der Waals surface area (Å²) < 4.78 is 14.5. The number of aromatic nitrogens is 3. The van der Waals surface area contributed by atoms with E-state index in [0.29, 0.717) is 17.4 Å². The maximum absolute atomic E-state index is 13.1. The third-order valence-electron chi connectivity index (χ3n) is 4.50. The maximum Gasteiger partial charge on any atom is 0.238 e. The molecule has 0 radical (unpaired) electrons. The zero-order chi connectivity index (χ0) is 19.5. The van der Waals surface area contributed by atoms with Crippen LogP contribution < -0.4 is 11.2 Å². The summed E-state index contributed by atoms with van der Waals surface area (Å²) >= 11 is 1.27. The lowest BCUT2D eigenvalue weighted by Gasteiger charge is -2.16. The molecule has 2 aromatic carbocycles. The number of benzene rings is 2. The zero-order valence-corrected chi connectivity index (χ0v) is 15.9. The number of carbonyl (C=O) groups is 1. The fraction of sp³-hybridized carbons (Fsp3) is 0.250. The van der Waals surface area contributed by atoms with E-state index in [1.165, 1.54) is 28.6 Å². The Morgan fingerprint density at radius 3 is 2.57 bits per heavy atom. The van der Waals surface area contributed by atoms with Gasteiger partial charge in [-0.15, -0.1) is 10.2 Å². The number of nitrogens with zero attached hydrogens (tertiary/aromatic N) is 3. The zero-order valence-electron chi connectivity index (χ0n) is 15.1. The predicted molar refractivity (Wildman–Crippen MR) is 106 cm³/mol. The molecule has 3 N–H and O–H groups in total. The van der Waals surface area contributed by atoms with Crippen molar-refractivity contribution in [1.82, 2.24) is 20.2 Å². The fourth-order valence-electron chi connectivity index (χ4n) is 2.80. The van der Waals surface area contributed by atoms with E-state index in [9.17, 15) is 9.18 Å². The van der Waals surface area contributed by atoms with E-state index in [2.05, 4.69) is 15.5 Å². The Kier molecular flexibility index (Phi) is 5.29. The molecule has 1 aromatic heterocycles. The average molecular weight is 397 g/mol.